The van der Waals surface area contributed by atoms with Crippen LogP contribution < -0.4 is 5.73 Å². The van der Waals surface area contributed by atoms with Gasteiger partial charge in [0.25, 0.3) is 0 Å². The highest BCUT2D eigenvalue weighted by molar-refractivity contribution is 7.11. The highest BCUT2D eigenvalue weighted by Crippen LogP contribution is 2.44. The molecule has 118 valence electrons. The Labute approximate surface area is 152 Å². The highest BCUT2D eigenvalue weighted by Gasteiger charge is 2.35. The van der Waals surface area contributed by atoms with E-state index in [-0.39, 0.29) is 17.0 Å². The molecule has 1 aliphatic rings. The van der Waals surface area contributed by atoms with E-state index in [1.54, 1.807) is 18.2 Å². The number of nitriles is 2. The zero-order valence-corrected chi connectivity index (χ0v) is 14.4. The molecule has 1 aromatic heterocycles. The first-order chi connectivity index (χ1) is 11.6. The fourth-order valence-electron chi connectivity index (χ4n) is 2.51. The average molecular weight is 374 g/mol. The quantitative estimate of drug-likeness (QED) is 0.819. The van der Waals surface area contributed by atoms with Crippen LogP contribution in [0.5, 0.6) is 0 Å². The molecular weight excluding hydrogens is 365 g/mol. The lowest BCUT2D eigenvalue weighted by Gasteiger charge is -2.26. The predicted molar refractivity (Wildman–Crippen MR) is 94.0 cm³/mol. The van der Waals surface area contributed by atoms with E-state index >= 15 is 0 Å². The number of halogens is 2. The zero-order chi connectivity index (χ0) is 17.3. The van der Waals surface area contributed by atoms with Crippen LogP contribution in [0.25, 0.3) is 5.76 Å². The molecule has 2 heterocycles. The van der Waals surface area contributed by atoms with Crippen molar-refractivity contribution in [2.24, 2.45) is 5.73 Å². The maximum atomic E-state index is 9.71. The van der Waals surface area contributed by atoms with Gasteiger partial charge in [-0.2, -0.15) is 10.5 Å². The highest BCUT2D eigenvalue weighted by atomic mass is 35.5. The zero-order valence-electron chi connectivity index (χ0n) is 12.1. The Kier molecular flexibility index (Phi) is 4.51. The van der Waals surface area contributed by atoms with Crippen LogP contribution >= 0.6 is 34.5 Å². The number of allylic oxidation sites excluding steroid dienone is 2. The summed E-state index contributed by atoms with van der Waals surface area (Å²) in [6.45, 7) is 0. The van der Waals surface area contributed by atoms with Crippen molar-refractivity contribution in [3.63, 3.8) is 0 Å². The first-order valence-corrected chi connectivity index (χ1v) is 8.41. The van der Waals surface area contributed by atoms with Crippen LogP contribution in [-0.4, -0.2) is 0 Å². The van der Waals surface area contributed by atoms with Gasteiger partial charge in [0.1, 0.15) is 11.6 Å². The van der Waals surface area contributed by atoms with Gasteiger partial charge in [0.05, 0.1) is 22.4 Å². The van der Waals surface area contributed by atoms with Gasteiger partial charge in [-0.15, -0.1) is 11.3 Å². The Morgan fingerprint density at radius 3 is 2.46 bits per heavy atom. The standard InChI is InChI=1S/C17H9Cl2N3OS/c18-9-3-4-10(13(19)6-9)15-11(7-20)16(14-2-1-5-24-14)23-17(22)12(15)8-21/h1-6,15H,22H2/t15-/m0/s1. The van der Waals surface area contributed by atoms with Gasteiger partial charge >= 0.3 is 0 Å². The van der Waals surface area contributed by atoms with Gasteiger partial charge in [-0.25, -0.2) is 0 Å². The third-order valence-corrected chi connectivity index (χ3v) is 4.99. The molecule has 0 spiro atoms. The lowest BCUT2D eigenvalue weighted by molar-refractivity contribution is 0.358. The molecule has 24 heavy (non-hydrogen) atoms. The lowest BCUT2D eigenvalue weighted by Crippen LogP contribution is -2.20. The topological polar surface area (TPSA) is 82.8 Å². The number of nitrogens with zero attached hydrogens (tertiary/aromatic N) is 2. The Hall–Kier alpha value is -2.44. The molecular formula is C17H9Cl2N3OS. The monoisotopic (exact) mass is 373 g/mol. The molecule has 2 aromatic rings. The molecule has 1 aliphatic heterocycles. The summed E-state index contributed by atoms with van der Waals surface area (Å²) < 4.78 is 5.59. The minimum Gasteiger partial charge on any atom is -0.438 e. The second-order valence-electron chi connectivity index (χ2n) is 4.92. The van der Waals surface area contributed by atoms with E-state index in [9.17, 15) is 10.5 Å². The van der Waals surface area contributed by atoms with E-state index < -0.39 is 5.92 Å². The van der Waals surface area contributed by atoms with E-state index in [1.807, 2.05) is 23.6 Å². The van der Waals surface area contributed by atoms with Crippen molar-refractivity contribution in [3.05, 3.63) is 73.2 Å². The average Bonchev–Trinajstić information content (AvgIpc) is 3.08. The molecule has 0 radical (unpaired) electrons. The summed E-state index contributed by atoms with van der Waals surface area (Å²) in [7, 11) is 0. The third-order valence-electron chi connectivity index (χ3n) is 3.56. The van der Waals surface area contributed by atoms with Gasteiger partial charge in [0.2, 0.25) is 5.88 Å². The number of benzene rings is 1. The van der Waals surface area contributed by atoms with Crippen molar-refractivity contribution in [2.45, 2.75) is 5.92 Å². The Bertz CT molecular complexity index is 949. The molecule has 0 saturated heterocycles. The molecule has 4 nitrogen and oxygen atoms in total. The van der Waals surface area contributed by atoms with Crippen LogP contribution in [0, 0.1) is 22.7 Å². The van der Waals surface area contributed by atoms with E-state index in [1.165, 1.54) is 11.3 Å². The predicted octanol–water partition coefficient (Wildman–Crippen LogP) is 4.80. The first-order valence-electron chi connectivity index (χ1n) is 6.77. The second kappa shape index (κ2) is 6.59. The fraction of sp³-hybridized carbons (Fsp3) is 0.0588. The Morgan fingerprint density at radius 1 is 1.12 bits per heavy atom. The maximum Gasteiger partial charge on any atom is 0.205 e. The van der Waals surface area contributed by atoms with Gasteiger partial charge in [-0.05, 0) is 29.1 Å². The summed E-state index contributed by atoms with van der Waals surface area (Å²) in [5.41, 5.74) is 6.95. The molecule has 1 atom stereocenters. The van der Waals surface area contributed by atoms with Crippen molar-refractivity contribution in [2.75, 3.05) is 0 Å². The number of nitrogens with two attached hydrogens (primary N) is 1. The summed E-state index contributed by atoms with van der Waals surface area (Å²) >= 11 is 13.7. The van der Waals surface area contributed by atoms with Crippen molar-refractivity contribution in [1.29, 1.82) is 10.5 Å². The van der Waals surface area contributed by atoms with Gasteiger partial charge in [0, 0.05) is 10.0 Å². The number of thiophene rings is 1. The fourth-order valence-corrected chi connectivity index (χ4v) is 3.75. The molecule has 0 fully saturated rings. The van der Waals surface area contributed by atoms with Gasteiger partial charge in [0.15, 0.2) is 5.76 Å². The van der Waals surface area contributed by atoms with Gasteiger partial charge in [-0.3, -0.25) is 0 Å². The van der Waals surface area contributed by atoms with Crippen molar-refractivity contribution >= 4 is 40.3 Å². The first kappa shape index (κ1) is 16.4. The molecule has 1 aromatic carbocycles. The summed E-state index contributed by atoms with van der Waals surface area (Å²) in [5.74, 6) is -0.383. The Morgan fingerprint density at radius 2 is 1.88 bits per heavy atom. The normalized spacial score (nSPS) is 17.2. The number of rotatable bonds is 2. The van der Waals surface area contributed by atoms with Crippen LogP contribution in [0.1, 0.15) is 16.4 Å². The van der Waals surface area contributed by atoms with E-state index in [0.29, 0.717) is 21.4 Å². The van der Waals surface area contributed by atoms with E-state index in [2.05, 4.69) is 6.07 Å². The van der Waals surface area contributed by atoms with Crippen LogP contribution in [0.3, 0.4) is 0 Å². The number of ether oxygens (including phenoxy) is 1. The largest absolute Gasteiger partial charge is 0.438 e. The number of hydrogen-bond acceptors (Lipinski definition) is 5. The SMILES string of the molecule is N#CC1=C(N)OC(c2cccs2)=C(C#N)[C@@H]1c1ccc(Cl)cc1Cl. The third kappa shape index (κ3) is 2.74. The van der Waals surface area contributed by atoms with Crippen LogP contribution in [-0.2, 0) is 4.74 Å². The van der Waals surface area contributed by atoms with Gasteiger partial charge in [-0.1, -0.05) is 35.3 Å². The smallest absolute Gasteiger partial charge is 0.205 e. The molecule has 0 aliphatic carbocycles. The summed E-state index contributed by atoms with van der Waals surface area (Å²) in [4.78, 5) is 0.751. The van der Waals surface area contributed by atoms with Crippen LogP contribution in [0.4, 0.5) is 0 Å². The molecule has 3 rings (SSSR count). The minimum absolute atomic E-state index is 0.0316. The summed E-state index contributed by atoms with van der Waals surface area (Å²) in [6, 6.07) is 12.8. The van der Waals surface area contributed by atoms with Crippen LogP contribution in [0.15, 0.2) is 52.7 Å². The molecule has 2 N–H and O–H groups in total. The van der Waals surface area contributed by atoms with E-state index in [0.717, 1.165) is 4.88 Å². The number of hydrogen-bond donors (Lipinski definition) is 1. The van der Waals surface area contributed by atoms with Crippen molar-refractivity contribution < 1.29 is 4.74 Å². The molecule has 0 unspecified atom stereocenters. The summed E-state index contributed by atoms with van der Waals surface area (Å²) in [6.07, 6.45) is 0. The second-order valence-corrected chi connectivity index (χ2v) is 6.71. The van der Waals surface area contributed by atoms with Crippen LogP contribution in [0.2, 0.25) is 10.0 Å². The van der Waals surface area contributed by atoms with Crippen molar-refractivity contribution in [3.8, 4) is 12.1 Å². The maximum absolute atomic E-state index is 9.71. The Balaban J connectivity index is 2.27. The van der Waals surface area contributed by atoms with E-state index in [4.69, 9.17) is 33.7 Å². The summed E-state index contributed by atoms with van der Waals surface area (Å²) in [5, 5.41) is 21.9. The minimum atomic E-state index is -0.699. The lowest BCUT2D eigenvalue weighted by atomic mass is 9.83. The van der Waals surface area contributed by atoms with Crippen molar-refractivity contribution in [1.82, 2.24) is 0 Å². The molecule has 0 amide bonds. The molecule has 0 bridgehead atoms. The molecule has 7 heteroatoms. The molecule has 0 saturated carbocycles. The van der Waals surface area contributed by atoms with Gasteiger partial charge < -0.3 is 10.5 Å².